The quantitative estimate of drug-likeness (QED) is 0.727. The van der Waals surface area contributed by atoms with Crippen LogP contribution in [0.2, 0.25) is 0 Å². The summed E-state index contributed by atoms with van der Waals surface area (Å²) in [5.41, 5.74) is 1.17. The summed E-state index contributed by atoms with van der Waals surface area (Å²) in [7, 11) is 0. The summed E-state index contributed by atoms with van der Waals surface area (Å²) in [5.74, 6) is -2.21. The minimum Gasteiger partial charge on any atom is -0.463 e. The average molecular weight is 390 g/mol. The second-order valence-electron chi connectivity index (χ2n) is 6.89. The van der Waals surface area contributed by atoms with Gasteiger partial charge in [0.25, 0.3) is 0 Å². The monoisotopic (exact) mass is 390 g/mol. The molecule has 1 aliphatic rings. The summed E-state index contributed by atoms with van der Waals surface area (Å²) < 4.78 is 18.9. The number of amides is 2. The zero-order valence-corrected chi connectivity index (χ0v) is 16.8. The number of carbonyl (C=O) groups excluding carboxylic acids is 3. The number of nitrogens with one attached hydrogen (secondary N) is 1. The number of esters is 1. The summed E-state index contributed by atoms with van der Waals surface area (Å²) >= 11 is 0. The lowest BCUT2D eigenvalue weighted by Crippen LogP contribution is -2.45. The second-order valence-corrected chi connectivity index (χ2v) is 6.89. The number of nitrogens with zero attached hydrogens (tertiary/aromatic N) is 1. The average Bonchev–Trinajstić information content (AvgIpc) is 2.64. The Hall–Kier alpha value is -2.70. The Morgan fingerprint density at radius 3 is 2.68 bits per heavy atom. The fourth-order valence-corrected chi connectivity index (χ4v) is 3.25. The predicted molar refractivity (Wildman–Crippen MR) is 103 cm³/mol. The molecule has 1 aliphatic heterocycles. The Morgan fingerprint density at radius 2 is 2.07 bits per heavy atom. The lowest BCUT2D eigenvalue weighted by molar-refractivity contribution is -0.141. The molecule has 0 bridgehead atoms. The maximum absolute atomic E-state index is 13.7. The minimum absolute atomic E-state index is 0.0127. The van der Waals surface area contributed by atoms with Gasteiger partial charge in [0.05, 0.1) is 12.2 Å². The van der Waals surface area contributed by atoms with Crippen molar-refractivity contribution < 1.29 is 23.5 Å². The Morgan fingerprint density at radius 1 is 1.36 bits per heavy atom. The lowest BCUT2D eigenvalue weighted by atomic mass is 9.83. The van der Waals surface area contributed by atoms with Gasteiger partial charge in [0, 0.05) is 24.1 Å². The van der Waals surface area contributed by atoms with Crippen molar-refractivity contribution in [1.29, 1.82) is 0 Å². The molecule has 0 saturated carbocycles. The van der Waals surface area contributed by atoms with E-state index in [9.17, 15) is 18.8 Å². The fraction of sp³-hybridized carbons (Fsp3) is 0.476. The van der Waals surface area contributed by atoms with E-state index in [0.29, 0.717) is 11.3 Å². The first kappa shape index (κ1) is 21.6. The SMILES string of the molecule is CCOC(=O)C1=C(C)N(CC(=O)N[C@H](C)CC)C(=O)C[C@@H]1c1cccc(F)c1. The minimum atomic E-state index is -0.615. The van der Waals surface area contributed by atoms with Crippen LogP contribution in [0, 0.1) is 5.82 Å². The normalized spacial score (nSPS) is 18.1. The summed E-state index contributed by atoms with van der Waals surface area (Å²) in [6, 6.07) is 5.83. The van der Waals surface area contributed by atoms with Crippen LogP contribution >= 0.6 is 0 Å². The summed E-state index contributed by atoms with van der Waals surface area (Å²) in [4.78, 5) is 39.0. The second kappa shape index (κ2) is 9.48. The molecule has 6 nitrogen and oxygen atoms in total. The molecule has 28 heavy (non-hydrogen) atoms. The van der Waals surface area contributed by atoms with Crippen LogP contribution in [0.25, 0.3) is 0 Å². The maximum Gasteiger partial charge on any atom is 0.336 e. The Balaban J connectivity index is 2.40. The molecule has 0 aromatic heterocycles. The molecule has 0 unspecified atom stereocenters. The number of rotatable bonds is 7. The summed E-state index contributed by atoms with van der Waals surface area (Å²) in [6.07, 6.45) is 0.732. The highest BCUT2D eigenvalue weighted by atomic mass is 19.1. The summed E-state index contributed by atoms with van der Waals surface area (Å²) in [6.45, 7) is 7.14. The van der Waals surface area contributed by atoms with E-state index < -0.39 is 17.7 Å². The highest BCUT2D eigenvalue weighted by molar-refractivity contribution is 5.97. The molecule has 1 heterocycles. The molecule has 0 aliphatic carbocycles. The zero-order chi connectivity index (χ0) is 20.8. The van der Waals surface area contributed by atoms with Gasteiger partial charge in [0.1, 0.15) is 12.4 Å². The predicted octanol–water partition coefficient (Wildman–Crippen LogP) is 2.89. The summed E-state index contributed by atoms with van der Waals surface area (Å²) in [5, 5.41) is 2.82. The van der Waals surface area contributed by atoms with E-state index in [2.05, 4.69) is 5.32 Å². The number of halogens is 1. The van der Waals surface area contributed by atoms with E-state index in [0.717, 1.165) is 6.42 Å². The van der Waals surface area contributed by atoms with Crippen molar-refractivity contribution in [3.05, 3.63) is 46.9 Å². The molecule has 0 fully saturated rings. The first-order valence-corrected chi connectivity index (χ1v) is 9.51. The highest BCUT2D eigenvalue weighted by Gasteiger charge is 2.37. The van der Waals surface area contributed by atoms with Gasteiger partial charge in [-0.25, -0.2) is 9.18 Å². The molecule has 2 atom stereocenters. The van der Waals surface area contributed by atoms with Crippen LogP contribution in [0.3, 0.4) is 0 Å². The smallest absolute Gasteiger partial charge is 0.336 e. The van der Waals surface area contributed by atoms with Gasteiger partial charge in [0.2, 0.25) is 11.8 Å². The number of hydrogen-bond acceptors (Lipinski definition) is 4. The van der Waals surface area contributed by atoms with Crippen molar-refractivity contribution in [2.75, 3.05) is 13.2 Å². The zero-order valence-electron chi connectivity index (χ0n) is 16.8. The number of ether oxygens (including phenoxy) is 1. The van der Waals surface area contributed by atoms with Gasteiger partial charge < -0.3 is 15.0 Å². The molecule has 152 valence electrons. The first-order chi connectivity index (χ1) is 13.3. The van der Waals surface area contributed by atoms with E-state index in [4.69, 9.17) is 4.74 Å². The van der Waals surface area contributed by atoms with E-state index in [1.807, 2.05) is 13.8 Å². The molecule has 1 N–H and O–H groups in total. The fourth-order valence-electron chi connectivity index (χ4n) is 3.25. The highest BCUT2D eigenvalue weighted by Crippen LogP contribution is 2.37. The molecule has 1 aromatic rings. The van der Waals surface area contributed by atoms with Crippen molar-refractivity contribution in [2.45, 2.75) is 52.5 Å². The Bertz CT molecular complexity index is 790. The third-order valence-corrected chi connectivity index (χ3v) is 4.89. The largest absolute Gasteiger partial charge is 0.463 e. The third kappa shape index (κ3) is 4.97. The molecular formula is C21H27FN2O4. The maximum atomic E-state index is 13.7. The van der Waals surface area contributed by atoms with Gasteiger partial charge in [-0.05, 0) is 44.9 Å². The van der Waals surface area contributed by atoms with Crippen LogP contribution in [0.5, 0.6) is 0 Å². The number of hydrogen-bond donors (Lipinski definition) is 1. The number of allylic oxidation sites excluding steroid dienone is 1. The van der Waals surface area contributed by atoms with Gasteiger partial charge in [0.15, 0.2) is 0 Å². The van der Waals surface area contributed by atoms with Crippen molar-refractivity contribution in [1.82, 2.24) is 10.2 Å². The van der Waals surface area contributed by atoms with Gasteiger partial charge in [-0.2, -0.15) is 0 Å². The van der Waals surface area contributed by atoms with Crippen LogP contribution in [-0.4, -0.2) is 41.9 Å². The van der Waals surface area contributed by atoms with Crippen molar-refractivity contribution in [2.24, 2.45) is 0 Å². The molecule has 2 amide bonds. The van der Waals surface area contributed by atoms with Crippen molar-refractivity contribution >= 4 is 17.8 Å². The van der Waals surface area contributed by atoms with Gasteiger partial charge in [-0.3, -0.25) is 9.59 Å². The molecular weight excluding hydrogens is 363 g/mol. The van der Waals surface area contributed by atoms with E-state index >= 15 is 0 Å². The Labute approximate surface area is 164 Å². The molecule has 0 radical (unpaired) electrons. The van der Waals surface area contributed by atoms with E-state index in [-0.39, 0.29) is 43.0 Å². The lowest BCUT2D eigenvalue weighted by Gasteiger charge is -2.34. The third-order valence-electron chi connectivity index (χ3n) is 4.89. The Kier molecular flexibility index (Phi) is 7.31. The van der Waals surface area contributed by atoms with Crippen LogP contribution in [0.4, 0.5) is 4.39 Å². The van der Waals surface area contributed by atoms with Crippen LogP contribution in [0.15, 0.2) is 35.5 Å². The topological polar surface area (TPSA) is 75.7 Å². The molecule has 0 spiro atoms. The molecule has 2 rings (SSSR count). The standard InChI is InChI=1S/C21H27FN2O4/c1-5-13(3)23-18(25)12-24-14(4)20(21(27)28-6-2)17(11-19(24)26)15-8-7-9-16(22)10-15/h7-10,13,17H,5-6,11-12H2,1-4H3,(H,23,25)/t13-,17-/m1/s1. The van der Waals surface area contributed by atoms with Gasteiger partial charge >= 0.3 is 5.97 Å². The molecule has 7 heteroatoms. The number of carbonyl (C=O) groups is 3. The number of benzene rings is 1. The van der Waals surface area contributed by atoms with Crippen molar-refractivity contribution in [3.8, 4) is 0 Å². The van der Waals surface area contributed by atoms with E-state index in [1.165, 1.54) is 17.0 Å². The van der Waals surface area contributed by atoms with Gasteiger partial charge in [-0.15, -0.1) is 0 Å². The van der Waals surface area contributed by atoms with Crippen LogP contribution in [-0.2, 0) is 19.1 Å². The van der Waals surface area contributed by atoms with Crippen LogP contribution < -0.4 is 5.32 Å². The molecule has 0 saturated heterocycles. The van der Waals surface area contributed by atoms with Gasteiger partial charge in [-0.1, -0.05) is 19.1 Å². The molecule has 1 aromatic carbocycles. The van der Waals surface area contributed by atoms with Crippen molar-refractivity contribution in [3.63, 3.8) is 0 Å². The van der Waals surface area contributed by atoms with Crippen LogP contribution in [0.1, 0.15) is 52.0 Å². The van der Waals surface area contributed by atoms with E-state index in [1.54, 1.807) is 26.0 Å². The first-order valence-electron chi connectivity index (χ1n) is 9.51.